The standard InChI is InChI=1S/C22H21N3O3S.C21H19N3O3S.ClH/c1-25-12-11-17(14-25)28-16-9-10-20-19(13-16)22(24-23-20)29(26,27)21-8-4-6-15-5-2-3-7-18(15)21;25-28(26,20-7-3-5-14-4-1-2-6-17(14)20)21-18-12-15(8-9-19(18)23-24-21)27-16-10-11-22-13-16;/h2-10,13,17H,11-12,14H2,1H3,(H,23,24);1-9,12,16,22H,10-11,13H2,(H,23,24);1H. The Labute approximate surface area is 341 Å². The third-order valence-electron chi connectivity index (χ3n) is 10.6. The van der Waals surface area contributed by atoms with Crippen LogP contribution >= 0.6 is 12.4 Å². The van der Waals surface area contributed by atoms with E-state index in [-0.39, 0.29) is 44.5 Å². The van der Waals surface area contributed by atoms with Gasteiger partial charge in [0.05, 0.1) is 20.8 Å². The second-order valence-corrected chi connectivity index (χ2v) is 18.2. The molecule has 2 aliphatic heterocycles. The summed E-state index contributed by atoms with van der Waals surface area (Å²) in [6.07, 6.45) is 2.11. The van der Waals surface area contributed by atoms with Gasteiger partial charge in [-0.05, 0) is 85.7 Å². The summed E-state index contributed by atoms with van der Waals surface area (Å²) in [4.78, 5) is 2.75. The molecule has 0 amide bonds. The van der Waals surface area contributed by atoms with Crippen LogP contribution in [0.3, 0.4) is 0 Å². The summed E-state index contributed by atoms with van der Waals surface area (Å²) < 4.78 is 66.0. The largest absolute Gasteiger partial charge is 0.489 e. The summed E-state index contributed by atoms with van der Waals surface area (Å²) in [5.74, 6) is 1.31. The van der Waals surface area contributed by atoms with Crippen molar-refractivity contribution in [3.63, 3.8) is 0 Å². The van der Waals surface area contributed by atoms with Gasteiger partial charge in [-0.1, -0.05) is 72.8 Å². The molecule has 0 aliphatic carbocycles. The SMILES string of the molecule is CN1CCC(Oc2ccc3n[nH]c(S(=O)(=O)c4cccc5ccccc45)c3c2)C1.Cl.O=S(=O)(c1cccc2ccccc12)c1[nH]nc2ccc(OC3CCNC3)cc12. The number of aromatic amines is 2. The molecule has 2 saturated heterocycles. The normalized spacial score (nSPS) is 17.3. The zero-order valence-electron chi connectivity index (χ0n) is 31.5. The summed E-state index contributed by atoms with van der Waals surface area (Å²) in [5.41, 5.74) is 1.19. The van der Waals surface area contributed by atoms with E-state index in [9.17, 15) is 16.8 Å². The van der Waals surface area contributed by atoms with Gasteiger partial charge in [0.15, 0.2) is 10.1 Å². The van der Waals surface area contributed by atoms with Crippen LogP contribution in [-0.4, -0.2) is 87.6 Å². The van der Waals surface area contributed by atoms with Crippen LogP contribution in [0.15, 0.2) is 141 Å². The lowest BCUT2D eigenvalue weighted by molar-refractivity contribution is 0.208. The highest BCUT2D eigenvalue weighted by atomic mass is 35.5. The smallest absolute Gasteiger partial charge is 0.224 e. The van der Waals surface area contributed by atoms with Gasteiger partial charge < -0.3 is 19.7 Å². The molecular formula is C43H41ClN6O6S2. The van der Waals surface area contributed by atoms with Gasteiger partial charge in [-0.15, -0.1) is 12.4 Å². The number of ether oxygens (including phenoxy) is 2. The van der Waals surface area contributed by atoms with Crippen molar-refractivity contribution in [2.45, 2.75) is 44.9 Å². The van der Waals surface area contributed by atoms with Crippen molar-refractivity contribution in [1.82, 2.24) is 30.6 Å². The molecule has 298 valence electrons. The number of sulfone groups is 2. The number of hydrogen-bond donors (Lipinski definition) is 3. The molecule has 10 rings (SSSR count). The van der Waals surface area contributed by atoms with Gasteiger partial charge in [0.25, 0.3) is 0 Å². The average Bonchev–Trinajstić information content (AvgIpc) is 4.06. The molecule has 8 aromatic rings. The molecule has 3 N–H and O–H groups in total. The molecule has 2 fully saturated rings. The van der Waals surface area contributed by atoms with Crippen LogP contribution in [0.2, 0.25) is 0 Å². The maximum Gasteiger partial charge on any atom is 0.224 e. The Bertz CT molecular complexity index is 2990. The Balaban J connectivity index is 0.000000159. The van der Waals surface area contributed by atoms with E-state index in [0.29, 0.717) is 44.1 Å². The number of hydrogen-bond acceptors (Lipinski definition) is 10. The Morgan fingerprint density at radius 3 is 1.59 bits per heavy atom. The third kappa shape index (κ3) is 7.49. The molecule has 2 aromatic heterocycles. The third-order valence-corrected chi connectivity index (χ3v) is 14.1. The zero-order chi connectivity index (χ0) is 39.1. The number of aromatic nitrogens is 4. The first-order valence-electron chi connectivity index (χ1n) is 18.8. The molecular weight excluding hydrogens is 796 g/mol. The Kier molecular flexibility index (Phi) is 10.9. The maximum atomic E-state index is 13.5. The fourth-order valence-electron chi connectivity index (χ4n) is 7.67. The minimum atomic E-state index is -3.78. The maximum absolute atomic E-state index is 13.5. The van der Waals surface area contributed by atoms with Gasteiger partial charge >= 0.3 is 0 Å². The van der Waals surface area contributed by atoms with Crippen LogP contribution in [0, 0.1) is 0 Å². The van der Waals surface area contributed by atoms with Gasteiger partial charge in [-0.25, -0.2) is 16.8 Å². The van der Waals surface area contributed by atoms with Crippen molar-refractivity contribution < 1.29 is 26.3 Å². The first kappa shape index (κ1) is 39.3. The molecule has 6 aromatic carbocycles. The summed E-state index contributed by atoms with van der Waals surface area (Å²) in [6, 6.07) is 36.3. The quantitative estimate of drug-likeness (QED) is 0.141. The van der Waals surface area contributed by atoms with Crippen LogP contribution in [-0.2, 0) is 19.7 Å². The first-order valence-corrected chi connectivity index (χ1v) is 21.8. The van der Waals surface area contributed by atoms with Gasteiger partial charge in [0.1, 0.15) is 23.7 Å². The average molecular weight is 837 g/mol. The van der Waals surface area contributed by atoms with Crippen molar-refractivity contribution in [3.05, 3.63) is 121 Å². The van der Waals surface area contributed by atoms with Crippen molar-refractivity contribution in [3.8, 4) is 11.5 Å². The number of fused-ring (bicyclic) bond motifs is 4. The highest BCUT2D eigenvalue weighted by Gasteiger charge is 2.28. The molecule has 58 heavy (non-hydrogen) atoms. The van der Waals surface area contributed by atoms with E-state index in [1.807, 2.05) is 72.8 Å². The Morgan fingerprint density at radius 2 is 1.10 bits per heavy atom. The number of likely N-dealkylation sites (N-methyl/N-ethyl adjacent to an activating group) is 1. The summed E-state index contributed by atoms with van der Waals surface area (Å²) in [5, 5.41) is 21.5. The van der Waals surface area contributed by atoms with Crippen LogP contribution in [0.25, 0.3) is 43.4 Å². The molecule has 2 atom stereocenters. The Hall–Kier alpha value is -5.51. The van der Waals surface area contributed by atoms with Crippen molar-refractivity contribution in [2.75, 3.05) is 33.2 Å². The molecule has 0 radical (unpaired) electrons. The summed E-state index contributed by atoms with van der Waals surface area (Å²) in [7, 11) is -5.50. The molecule has 2 unspecified atom stereocenters. The van der Waals surface area contributed by atoms with E-state index in [0.717, 1.165) is 49.8 Å². The number of benzene rings is 6. The fraction of sp³-hybridized carbons (Fsp3) is 0.209. The number of halogens is 1. The second-order valence-electron chi connectivity index (χ2n) is 14.4. The van der Waals surface area contributed by atoms with E-state index in [4.69, 9.17) is 9.47 Å². The van der Waals surface area contributed by atoms with Gasteiger partial charge in [-0.3, -0.25) is 10.2 Å². The molecule has 0 saturated carbocycles. The molecule has 4 heterocycles. The summed E-state index contributed by atoms with van der Waals surface area (Å²) in [6.45, 7) is 3.59. The number of rotatable bonds is 8. The van der Waals surface area contributed by atoms with Crippen molar-refractivity contribution >= 4 is 75.4 Å². The summed E-state index contributed by atoms with van der Waals surface area (Å²) >= 11 is 0. The molecule has 0 bridgehead atoms. The highest BCUT2D eigenvalue weighted by molar-refractivity contribution is 7.92. The number of nitrogens with zero attached hydrogens (tertiary/aromatic N) is 3. The number of H-pyrrole nitrogens is 2. The molecule has 2 aliphatic rings. The van der Waals surface area contributed by atoms with E-state index in [1.54, 1.807) is 48.5 Å². The minimum Gasteiger partial charge on any atom is -0.489 e. The van der Waals surface area contributed by atoms with Crippen molar-refractivity contribution in [2.24, 2.45) is 0 Å². The first-order chi connectivity index (χ1) is 27.6. The highest BCUT2D eigenvalue weighted by Crippen LogP contribution is 2.35. The van der Waals surface area contributed by atoms with Crippen LogP contribution in [0.5, 0.6) is 11.5 Å². The number of likely N-dealkylation sites (tertiary alicyclic amines) is 1. The minimum absolute atomic E-state index is 0. The second kappa shape index (κ2) is 16.0. The topological polar surface area (TPSA) is 159 Å². The van der Waals surface area contributed by atoms with Gasteiger partial charge in [0.2, 0.25) is 19.7 Å². The van der Waals surface area contributed by atoms with E-state index in [2.05, 4.69) is 37.7 Å². The number of nitrogens with one attached hydrogen (secondary N) is 3. The molecule has 0 spiro atoms. The van der Waals surface area contributed by atoms with E-state index >= 15 is 0 Å². The molecule has 15 heteroatoms. The van der Waals surface area contributed by atoms with Crippen molar-refractivity contribution in [1.29, 1.82) is 0 Å². The lowest BCUT2D eigenvalue weighted by Gasteiger charge is -2.14. The zero-order valence-corrected chi connectivity index (χ0v) is 33.9. The Morgan fingerprint density at radius 1 is 0.603 bits per heavy atom. The van der Waals surface area contributed by atoms with Crippen LogP contribution < -0.4 is 14.8 Å². The lowest BCUT2D eigenvalue weighted by Crippen LogP contribution is -2.21. The fourth-order valence-corrected chi connectivity index (χ4v) is 10.8. The monoisotopic (exact) mass is 836 g/mol. The van der Waals surface area contributed by atoms with E-state index < -0.39 is 19.7 Å². The predicted molar refractivity (Wildman–Crippen MR) is 227 cm³/mol. The van der Waals surface area contributed by atoms with Crippen LogP contribution in [0.4, 0.5) is 0 Å². The lowest BCUT2D eigenvalue weighted by atomic mass is 10.1. The van der Waals surface area contributed by atoms with Crippen LogP contribution in [0.1, 0.15) is 12.8 Å². The van der Waals surface area contributed by atoms with Gasteiger partial charge in [-0.2, -0.15) is 10.2 Å². The van der Waals surface area contributed by atoms with E-state index in [1.165, 1.54) is 0 Å². The van der Waals surface area contributed by atoms with Gasteiger partial charge in [0, 0.05) is 41.2 Å². The molecule has 12 nitrogen and oxygen atoms in total. The predicted octanol–water partition coefficient (Wildman–Crippen LogP) is 7.34.